The Kier molecular flexibility index (Phi) is 21.4. The normalized spacial score (nSPS) is 19.2. The van der Waals surface area contributed by atoms with Gasteiger partial charge in [0, 0.05) is 49.9 Å². The molecule has 3 amide bonds. The lowest BCUT2D eigenvalue weighted by atomic mass is 10.1. The number of anilines is 1. The van der Waals surface area contributed by atoms with Crippen LogP contribution in [0.15, 0.2) is 12.5 Å². The standard InChI is InChI=1S/C31H47N8O19P3S2/c32-19(30(45)35-10-3-1-2-6-24(42)38-20(31(46)47)7-8-26(43)44)16-63-62-12-9-23(41)34-11-4-5-18-14-39(29-27(18)28(33)36-17-37-29)25-13-21(40)22(56-25)15-55-60(51,52)58-61(53,54)57-59(48,49)50/h14,17,19-22,25,40H,1-3,6-13,15-16,32H2,(H,34,41)(H,35,45)(H,38,42)(H,43,44)(H,46,47)(H,51,52)(H,53,54)(H2,33,36,37)(H2,48,49,50)/t19?,20?,21-,22-,25-/m1/s1. The third-order valence-electron chi connectivity index (χ3n) is 8.31. The van der Waals surface area contributed by atoms with Crippen molar-refractivity contribution in [3.05, 3.63) is 18.1 Å². The maximum absolute atomic E-state index is 12.4. The summed E-state index contributed by atoms with van der Waals surface area (Å²) in [5, 5.41) is 36.4. The number of aromatic nitrogens is 3. The number of carbonyl (C=O) groups excluding carboxylic acids is 3. The average molecular weight is 993 g/mol. The summed E-state index contributed by atoms with van der Waals surface area (Å²) in [5.41, 5.74) is 12.6. The third-order valence-corrected chi connectivity index (χ3v) is 14.6. The van der Waals surface area contributed by atoms with E-state index >= 15 is 0 Å². The number of amides is 3. The number of carbonyl (C=O) groups is 5. The minimum atomic E-state index is -5.76. The molecule has 1 saturated heterocycles. The maximum Gasteiger partial charge on any atom is 0.490 e. The maximum atomic E-state index is 12.4. The predicted octanol–water partition coefficient (Wildman–Crippen LogP) is -0.317. The fourth-order valence-electron chi connectivity index (χ4n) is 5.41. The SMILES string of the molecule is Nc1ncnc2c1c(C#CCNC(=O)CCSSCC(N)C(=O)NCCCCCC(=O)NC(CCC(=O)O)C(=O)O)cn2[C@H]1C[C@@H](O)[C@@H](COP(=O)(O)OP(=O)(O)OP(=O)(O)O)O1. The molecule has 7 atom stereocenters. The summed E-state index contributed by atoms with van der Waals surface area (Å²) in [7, 11) is -14.2. The van der Waals surface area contributed by atoms with Crippen LogP contribution in [-0.2, 0) is 55.5 Å². The highest BCUT2D eigenvalue weighted by Gasteiger charge is 2.43. The molecule has 63 heavy (non-hydrogen) atoms. The van der Waals surface area contributed by atoms with Crippen LogP contribution in [0, 0.1) is 11.8 Å². The molecule has 0 spiro atoms. The molecule has 352 valence electrons. The van der Waals surface area contributed by atoms with Crippen LogP contribution in [0.4, 0.5) is 5.82 Å². The van der Waals surface area contributed by atoms with Gasteiger partial charge in [0.2, 0.25) is 17.7 Å². The molecule has 0 aliphatic carbocycles. The number of nitrogens with two attached hydrogens (primary N) is 2. The van der Waals surface area contributed by atoms with Crippen LogP contribution in [0.1, 0.15) is 63.2 Å². The van der Waals surface area contributed by atoms with Gasteiger partial charge in [0.1, 0.15) is 36.2 Å². The first kappa shape index (κ1) is 53.7. The Morgan fingerprint density at radius 3 is 2.38 bits per heavy atom. The van der Waals surface area contributed by atoms with Crippen molar-refractivity contribution in [1.29, 1.82) is 0 Å². The summed E-state index contributed by atoms with van der Waals surface area (Å²) in [6, 6.07) is -2.10. The zero-order valence-corrected chi connectivity index (χ0v) is 37.2. The van der Waals surface area contributed by atoms with Crippen molar-refractivity contribution >= 4 is 91.6 Å². The first-order chi connectivity index (χ1) is 29.5. The van der Waals surface area contributed by atoms with E-state index in [0.29, 0.717) is 42.5 Å². The molecule has 0 radical (unpaired) electrons. The summed E-state index contributed by atoms with van der Waals surface area (Å²) < 4.78 is 53.7. The third kappa shape index (κ3) is 19.5. The van der Waals surface area contributed by atoms with E-state index in [2.05, 4.69) is 50.9 Å². The zero-order chi connectivity index (χ0) is 47.0. The Labute approximate surface area is 366 Å². The van der Waals surface area contributed by atoms with E-state index in [9.17, 15) is 52.6 Å². The number of aliphatic carboxylic acids is 2. The van der Waals surface area contributed by atoms with Gasteiger partial charge in [-0.2, -0.15) is 8.62 Å². The molecule has 0 bridgehead atoms. The highest BCUT2D eigenvalue weighted by atomic mass is 33.1. The summed E-state index contributed by atoms with van der Waals surface area (Å²) in [6.07, 6.45) is 0.00498. The van der Waals surface area contributed by atoms with Crippen molar-refractivity contribution in [1.82, 2.24) is 30.5 Å². The predicted molar refractivity (Wildman–Crippen MR) is 222 cm³/mol. The lowest BCUT2D eigenvalue weighted by Crippen LogP contribution is -2.42. The second kappa shape index (κ2) is 25.1. The number of unbranched alkanes of at least 4 members (excludes halogenated alkanes) is 2. The van der Waals surface area contributed by atoms with Crippen LogP contribution in [0.2, 0.25) is 0 Å². The van der Waals surface area contributed by atoms with Gasteiger partial charge in [-0.25, -0.2) is 28.5 Å². The van der Waals surface area contributed by atoms with Crippen LogP contribution >= 0.6 is 45.1 Å². The number of fused-ring (bicyclic) bond motifs is 1. The lowest BCUT2D eigenvalue weighted by molar-refractivity contribution is -0.143. The van der Waals surface area contributed by atoms with Gasteiger partial charge in [-0.1, -0.05) is 39.8 Å². The molecule has 3 rings (SSSR count). The van der Waals surface area contributed by atoms with Gasteiger partial charge in [-0.15, -0.1) is 0 Å². The monoisotopic (exact) mass is 992 g/mol. The van der Waals surface area contributed by atoms with E-state index in [1.165, 1.54) is 38.7 Å². The molecule has 0 aromatic carbocycles. The van der Waals surface area contributed by atoms with E-state index in [1.807, 2.05) is 0 Å². The first-order valence-electron chi connectivity index (χ1n) is 18.5. The van der Waals surface area contributed by atoms with Crippen molar-refractivity contribution < 1.29 is 90.4 Å². The zero-order valence-electron chi connectivity index (χ0n) is 32.9. The molecular weight excluding hydrogens is 945 g/mol. The number of aliphatic hydroxyl groups excluding tert-OH is 1. The van der Waals surface area contributed by atoms with Gasteiger partial charge in [0.25, 0.3) is 0 Å². The number of nitrogens with zero attached hydrogens (tertiary/aromatic N) is 3. The second-order valence-corrected chi connectivity index (χ2v) is 20.3. The molecule has 0 saturated carbocycles. The Bertz CT molecular complexity index is 2150. The van der Waals surface area contributed by atoms with Gasteiger partial charge in [-0.05, 0) is 19.3 Å². The summed E-state index contributed by atoms with van der Waals surface area (Å²) in [5.74, 6) is 2.72. The smallest absolute Gasteiger partial charge is 0.481 e. The van der Waals surface area contributed by atoms with Gasteiger partial charge in [0.15, 0.2) is 0 Å². The van der Waals surface area contributed by atoms with Crippen molar-refractivity contribution in [3.63, 3.8) is 0 Å². The number of carboxylic acid groups (broad SMARTS) is 2. The van der Waals surface area contributed by atoms with Crippen molar-refractivity contribution in [2.24, 2.45) is 5.73 Å². The Morgan fingerprint density at radius 2 is 1.70 bits per heavy atom. The van der Waals surface area contributed by atoms with E-state index in [-0.39, 0.29) is 61.3 Å². The summed E-state index contributed by atoms with van der Waals surface area (Å²) in [6.45, 7) is -0.633. The van der Waals surface area contributed by atoms with Crippen LogP contribution in [-0.4, -0.2) is 135 Å². The topological polar surface area (TPSA) is 434 Å². The highest BCUT2D eigenvalue weighted by Crippen LogP contribution is 2.66. The first-order valence-corrected chi connectivity index (χ1v) is 25.5. The van der Waals surface area contributed by atoms with E-state index in [0.717, 1.165) is 0 Å². The second-order valence-electron chi connectivity index (χ2n) is 13.3. The quantitative estimate of drug-likeness (QED) is 0.0236. The minimum Gasteiger partial charge on any atom is -0.481 e. The molecule has 14 N–H and O–H groups in total. The number of hydrogen-bond acceptors (Lipinski definition) is 19. The fraction of sp³-hybridized carbons (Fsp3) is 0.581. The molecule has 32 heteroatoms. The van der Waals surface area contributed by atoms with Crippen molar-refractivity contribution in [2.75, 3.05) is 36.9 Å². The molecular formula is C31H47N8O19P3S2. The van der Waals surface area contributed by atoms with Gasteiger partial charge in [-0.3, -0.25) is 23.7 Å². The highest BCUT2D eigenvalue weighted by molar-refractivity contribution is 8.76. The van der Waals surface area contributed by atoms with E-state index in [4.69, 9.17) is 36.2 Å². The van der Waals surface area contributed by atoms with Crippen LogP contribution in [0.25, 0.3) is 11.0 Å². The van der Waals surface area contributed by atoms with Crippen molar-refractivity contribution in [2.45, 2.75) is 81.9 Å². The fourth-order valence-corrected chi connectivity index (χ4v) is 10.6. The van der Waals surface area contributed by atoms with Crippen LogP contribution < -0.4 is 27.4 Å². The summed E-state index contributed by atoms with van der Waals surface area (Å²) >= 11 is 0. The largest absolute Gasteiger partial charge is 0.490 e. The number of rotatable bonds is 27. The number of phosphoric acid groups is 3. The lowest BCUT2D eigenvalue weighted by Gasteiger charge is -2.19. The number of hydrogen-bond donors (Lipinski definition) is 12. The van der Waals surface area contributed by atoms with E-state index < -0.39 is 84.9 Å². The Morgan fingerprint density at radius 1 is 0.968 bits per heavy atom. The molecule has 27 nitrogen and oxygen atoms in total. The number of aliphatic hydroxyl groups is 1. The number of carboxylic acids is 2. The molecule has 2 aromatic heterocycles. The van der Waals surface area contributed by atoms with Gasteiger partial charge >= 0.3 is 35.4 Å². The molecule has 1 aliphatic rings. The molecule has 4 unspecified atom stereocenters. The number of phosphoric ester groups is 1. The Hall–Kier alpha value is -3.68. The molecule has 2 aromatic rings. The van der Waals surface area contributed by atoms with E-state index in [1.54, 1.807) is 0 Å². The van der Waals surface area contributed by atoms with Gasteiger partial charge < -0.3 is 71.6 Å². The minimum absolute atomic E-state index is 0.0450. The number of ether oxygens (including phenoxy) is 1. The summed E-state index contributed by atoms with van der Waals surface area (Å²) in [4.78, 5) is 103. The average Bonchev–Trinajstić information content (AvgIpc) is 3.73. The van der Waals surface area contributed by atoms with Crippen molar-refractivity contribution in [3.8, 4) is 11.8 Å². The van der Waals surface area contributed by atoms with Gasteiger partial charge in [0.05, 0.1) is 36.2 Å². The molecule has 1 fully saturated rings. The number of nitrogens with one attached hydrogen (secondary N) is 3. The molecule has 1 aliphatic heterocycles. The van der Waals surface area contributed by atoms with Crippen LogP contribution in [0.5, 0.6) is 0 Å². The Balaban J connectivity index is 1.36. The number of nitrogen functional groups attached to an aromatic ring is 1. The molecule has 3 heterocycles. The van der Waals surface area contributed by atoms with Crippen LogP contribution in [0.3, 0.4) is 0 Å².